The van der Waals surface area contributed by atoms with Crippen molar-refractivity contribution >= 4 is 10.8 Å². The van der Waals surface area contributed by atoms with Crippen LogP contribution in [0.3, 0.4) is 0 Å². The standard InChI is InChI=1S/C10H23NOS/c1-9(2)6-5-7-11-8-10(3)13(4)12/h9-11H,5-8H2,1-4H3. The lowest BCUT2D eigenvalue weighted by molar-refractivity contribution is 0.527. The minimum absolute atomic E-state index is 0.277. The molecule has 0 spiro atoms. The third-order valence-electron chi connectivity index (χ3n) is 2.13. The van der Waals surface area contributed by atoms with Crippen LogP contribution in [0.5, 0.6) is 0 Å². The van der Waals surface area contributed by atoms with Gasteiger partial charge < -0.3 is 5.32 Å². The molecule has 0 aliphatic heterocycles. The van der Waals surface area contributed by atoms with Crippen molar-refractivity contribution in [1.82, 2.24) is 5.32 Å². The van der Waals surface area contributed by atoms with Gasteiger partial charge in [-0.1, -0.05) is 13.8 Å². The Labute approximate surface area is 84.9 Å². The van der Waals surface area contributed by atoms with Crippen LogP contribution in [-0.2, 0) is 10.8 Å². The van der Waals surface area contributed by atoms with Gasteiger partial charge >= 0.3 is 0 Å². The van der Waals surface area contributed by atoms with Gasteiger partial charge in [0.25, 0.3) is 0 Å². The molecule has 0 amide bonds. The fraction of sp³-hybridized carbons (Fsp3) is 1.00. The highest BCUT2D eigenvalue weighted by atomic mass is 32.2. The Kier molecular flexibility index (Phi) is 7.57. The minimum Gasteiger partial charge on any atom is -0.316 e. The monoisotopic (exact) mass is 205 g/mol. The van der Waals surface area contributed by atoms with Gasteiger partial charge in [0.15, 0.2) is 0 Å². The van der Waals surface area contributed by atoms with Crippen molar-refractivity contribution in [2.45, 2.75) is 38.9 Å². The molecule has 0 aromatic rings. The Bertz CT molecular complexity index is 148. The molecule has 80 valence electrons. The zero-order valence-electron chi connectivity index (χ0n) is 9.30. The molecule has 2 unspecified atom stereocenters. The molecule has 0 rings (SSSR count). The van der Waals surface area contributed by atoms with Gasteiger partial charge in [-0.3, -0.25) is 4.21 Å². The Balaban J connectivity index is 3.21. The number of rotatable bonds is 7. The Morgan fingerprint density at radius 3 is 2.38 bits per heavy atom. The minimum atomic E-state index is -0.687. The lowest BCUT2D eigenvalue weighted by Crippen LogP contribution is -2.28. The third-order valence-corrected chi connectivity index (χ3v) is 3.43. The summed E-state index contributed by atoms with van der Waals surface area (Å²) >= 11 is 0. The topological polar surface area (TPSA) is 29.1 Å². The van der Waals surface area contributed by atoms with Crippen LogP contribution in [0.15, 0.2) is 0 Å². The average Bonchev–Trinajstić information content (AvgIpc) is 2.02. The average molecular weight is 205 g/mol. The van der Waals surface area contributed by atoms with Crippen LogP contribution in [-0.4, -0.2) is 28.8 Å². The second-order valence-corrected chi connectivity index (χ2v) is 5.85. The summed E-state index contributed by atoms with van der Waals surface area (Å²) in [6.45, 7) is 8.43. The Hall–Kier alpha value is 0.110. The first-order chi connectivity index (χ1) is 6.04. The van der Waals surface area contributed by atoms with Crippen LogP contribution < -0.4 is 5.32 Å². The summed E-state index contributed by atoms with van der Waals surface area (Å²) in [5.74, 6) is 0.791. The van der Waals surface area contributed by atoms with E-state index in [4.69, 9.17) is 0 Å². The zero-order chi connectivity index (χ0) is 10.3. The summed E-state index contributed by atoms with van der Waals surface area (Å²) in [5, 5.41) is 3.61. The number of hydrogen-bond acceptors (Lipinski definition) is 2. The van der Waals surface area contributed by atoms with Gasteiger partial charge in [0.1, 0.15) is 0 Å². The van der Waals surface area contributed by atoms with Crippen LogP contribution in [0.2, 0.25) is 0 Å². The van der Waals surface area contributed by atoms with Crippen LogP contribution in [0, 0.1) is 5.92 Å². The van der Waals surface area contributed by atoms with Crippen molar-refractivity contribution in [2.24, 2.45) is 5.92 Å². The predicted octanol–water partition coefficient (Wildman–Crippen LogP) is 1.78. The zero-order valence-corrected chi connectivity index (χ0v) is 10.1. The Morgan fingerprint density at radius 1 is 1.31 bits per heavy atom. The van der Waals surface area contributed by atoms with Crippen molar-refractivity contribution in [3.63, 3.8) is 0 Å². The van der Waals surface area contributed by atoms with Crippen LogP contribution >= 0.6 is 0 Å². The molecule has 3 heteroatoms. The third kappa shape index (κ3) is 8.44. The molecule has 13 heavy (non-hydrogen) atoms. The second-order valence-electron chi connectivity index (χ2n) is 4.05. The summed E-state index contributed by atoms with van der Waals surface area (Å²) < 4.78 is 11.0. The van der Waals surface area contributed by atoms with Gasteiger partial charge in [-0.2, -0.15) is 0 Å². The molecule has 2 atom stereocenters. The van der Waals surface area contributed by atoms with Gasteiger partial charge in [0.2, 0.25) is 0 Å². The van der Waals surface area contributed by atoms with E-state index in [-0.39, 0.29) is 5.25 Å². The largest absolute Gasteiger partial charge is 0.316 e. The van der Waals surface area contributed by atoms with Crippen LogP contribution in [0.25, 0.3) is 0 Å². The van der Waals surface area contributed by atoms with Gasteiger partial charge in [-0.05, 0) is 32.2 Å². The molecule has 0 aliphatic rings. The van der Waals surface area contributed by atoms with Gasteiger partial charge in [-0.25, -0.2) is 0 Å². The first kappa shape index (κ1) is 13.1. The van der Waals surface area contributed by atoms with Crippen LogP contribution in [0.4, 0.5) is 0 Å². The summed E-state index contributed by atoms with van der Waals surface area (Å²) in [7, 11) is -0.687. The molecule has 0 radical (unpaired) electrons. The second kappa shape index (κ2) is 7.51. The smallest absolute Gasteiger partial charge is 0.0441 e. The number of nitrogens with one attached hydrogen (secondary N) is 1. The SMILES string of the molecule is CC(C)CCCNCC(C)S(C)=O. The van der Waals surface area contributed by atoms with E-state index in [0.29, 0.717) is 0 Å². The van der Waals surface area contributed by atoms with E-state index in [1.807, 2.05) is 6.92 Å². The quantitative estimate of drug-likeness (QED) is 0.642. The first-order valence-corrected chi connectivity index (χ1v) is 6.69. The van der Waals surface area contributed by atoms with E-state index in [2.05, 4.69) is 19.2 Å². The lowest BCUT2D eigenvalue weighted by atomic mass is 10.1. The maximum atomic E-state index is 11.0. The first-order valence-electron chi connectivity index (χ1n) is 5.07. The van der Waals surface area contributed by atoms with E-state index in [9.17, 15) is 4.21 Å². The van der Waals surface area contributed by atoms with E-state index >= 15 is 0 Å². The lowest BCUT2D eigenvalue weighted by Gasteiger charge is -2.10. The fourth-order valence-corrected chi connectivity index (χ4v) is 1.41. The van der Waals surface area contributed by atoms with E-state index in [1.54, 1.807) is 6.26 Å². The molecule has 0 heterocycles. The molecule has 0 aromatic carbocycles. The number of hydrogen-bond donors (Lipinski definition) is 1. The molecule has 0 fully saturated rings. The summed E-state index contributed by atoms with van der Waals surface area (Å²) in [6.07, 6.45) is 4.26. The molecule has 0 aliphatic carbocycles. The van der Waals surface area contributed by atoms with Gasteiger partial charge in [0.05, 0.1) is 0 Å². The molecular weight excluding hydrogens is 182 g/mol. The maximum Gasteiger partial charge on any atom is 0.0441 e. The highest BCUT2D eigenvalue weighted by Gasteiger charge is 2.04. The summed E-state index contributed by atoms with van der Waals surface area (Å²) in [5.41, 5.74) is 0. The van der Waals surface area contributed by atoms with Crippen molar-refractivity contribution in [3.8, 4) is 0 Å². The van der Waals surface area contributed by atoms with Crippen molar-refractivity contribution < 1.29 is 4.21 Å². The molecule has 2 nitrogen and oxygen atoms in total. The van der Waals surface area contributed by atoms with Gasteiger partial charge in [0, 0.05) is 28.9 Å². The van der Waals surface area contributed by atoms with Crippen LogP contribution in [0.1, 0.15) is 33.6 Å². The van der Waals surface area contributed by atoms with Crippen molar-refractivity contribution in [3.05, 3.63) is 0 Å². The molecule has 0 aromatic heterocycles. The molecule has 0 saturated heterocycles. The van der Waals surface area contributed by atoms with Crippen molar-refractivity contribution in [1.29, 1.82) is 0 Å². The molecular formula is C10H23NOS. The van der Waals surface area contributed by atoms with Crippen molar-refractivity contribution in [2.75, 3.05) is 19.3 Å². The van der Waals surface area contributed by atoms with E-state index in [0.717, 1.165) is 19.0 Å². The van der Waals surface area contributed by atoms with E-state index in [1.165, 1.54) is 12.8 Å². The summed E-state index contributed by atoms with van der Waals surface area (Å²) in [6, 6.07) is 0. The maximum absolute atomic E-state index is 11.0. The van der Waals surface area contributed by atoms with E-state index < -0.39 is 10.8 Å². The highest BCUT2D eigenvalue weighted by Crippen LogP contribution is 2.01. The predicted molar refractivity (Wildman–Crippen MR) is 60.5 cm³/mol. The Morgan fingerprint density at radius 2 is 1.92 bits per heavy atom. The normalized spacial score (nSPS) is 16.1. The fourth-order valence-electron chi connectivity index (χ4n) is 1.06. The van der Waals surface area contributed by atoms with Gasteiger partial charge in [-0.15, -0.1) is 0 Å². The molecule has 0 bridgehead atoms. The summed E-state index contributed by atoms with van der Waals surface area (Å²) in [4.78, 5) is 0. The molecule has 1 N–H and O–H groups in total. The molecule has 0 saturated carbocycles. The highest BCUT2D eigenvalue weighted by molar-refractivity contribution is 7.84.